The molecule has 2 unspecified atom stereocenters. The zero-order valence-electron chi connectivity index (χ0n) is 8.79. The summed E-state index contributed by atoms with van der Waals surface area (Å²) in [5.41, 5.74) is 0.319. The number of hydrogen-bond donors (Lipinski definition) is 1. The smallest absolute Gasteiger partial charge is 0.275 e. The molecule has 1 amide bonds. The third-order valence-corrected chi connectivity index (χ3v) is 2.68. The van der Waals surface area contributed by atoms with Crippen LogP contribution in [0.3, 0.4) is 0 Å². The number of aromatic nitrogens is 3. The summed E-state index contributed by atoms with van der Waals surface area (Å²) < 4.78 is 1.57. The van der Waals surface area contributed by atoms with Gasteiger partial charge < -0.3 is 10.0 Å². The summed E-state index contributed by atoms with van der Waals surface area (Å²) in [4.78, 5) is 13.0. The second-order valence-corrected chi connectivity index (χ2v) is 4.00. The highest BCUT2D eigenvalue weighted by Crippen LogP contribution is 2.31. The van der Waals surface area contributed by atoms with E-state index in [1.54, 1.807) is 25.0 Å². The molecule has 1 heterocycles. The van der Waals surface area contributed by atoms with Crippen LogP contribution >= 0.6 is 0 Å². The van der Waals surface area contributed by atoms with Crippen molar-refractivity contribution in [2.75, 3.05) is 14.1 Å². The van der Waals surface area contributed by atoms with Gasteiger partial charge in [0.05, 0.1) is 18.3 Å². The summed E-state index contributed by atoms with van der Waals surface area (Å²) in [6, 6.07) is -0.0128. The van der Waals surface area contributed by atoms with Gasteiger partial charge in [0, 0.05) is 14.1 Å². The third-order valence-electron chi connectivity index (χ3n) is 2.68. The molecule has 82 valence electrons. The number of amides is 1. The molecule has 0 bridgehead atoms. The molecule has 1 aliphatic carbocycles. The molecular weight excluding hydrogens is 196 g/mol. The Bertz CT molecular complexity index is 374. The second-order valence-electron chi connectivity index (χ2n) is 4.00. The van der Waals surface area contributed by atoms with Gasteiger partial charge in [-0.15, -0.1) is 5.10 Å². The number of rotatable bonds is 2. The first-order valence-corrected chi connectivity index (χ1v) is 4.91. The predicted molar refractivity (Wildman–Crippen MR) is 52.3 cm³/mol. The van der Waals surface area contributed by atoms with Crippen LogP contribution in [0, 0.1) is 0 Å². The van der Waals surface area contributed by atoms with Crippen LogP contribution in [-0.2, 0) is 0 Å². The molecule has 0 radical (unpaired) electrons. The van der Waals surface area contributed by atoms with Crippen LogP contribution in [0.15, 0.2) is 6.20 Å². The lowest BCUT2D eigenvalue weighted by Gasteiger charge is -2.31. The SMILES string of the molecule is CN(C)C(=O)c1cn(C2CCC2O)nn1. The quantitative estimate of drug-likeness (QED) is 0.726. The van der Waals surface area contributed by atoms with Crippen LogP contribution in [0.5, 0.6) is 0 Å². The topological polar surface area (TPSA) is 71.2 Å². The molecule has 1 aromatic rings. The Morgan fingerprint density at radius 2 is 2.33 bits per heavy atom. The number of carbonyl (C=O) groups is 1. The van der Waals surface area contributed by atoms with E-state index in [1.165, 1.54) is 4.90 Å². The number of aliphatic hydroxyl groups is 1. The molecule has 6 nitrogen and oxygen atoms in total. The molecule has 15 heavy (non-hydrogen) atoms. The first kappa shape index (κ1) is 10.1. The third kappa shape index (κ3) is 1.72. The van der Waals surface area contributed by atoms with Crippen molar-refractivity contribution in [1.82, 2.24) is 19.9 Å². The molecule has 1 saturated carbocycles. The van der Waals surface area contributed by atoms with E-state index in [0.717, 1.165) is 12.8 Å². The number of carbonyl (C=O) groups excluding carboxylic acids is 1. The minimum absolute atomic E-state index is 0.0128. The highest BCUT2D eigenvalue weighted by atomic mass is 16.3. The summed E-state index contributed by atoms with van der Waals surface area (Å²) in [5.74, 6) is -0.171. The Hall–Kier alpha value is -1.43. The number of hydrogen-bond acceptors (Lipinski definition) is 4. The number of aliphatic hydroxyl groups excluding tert-OH is 1. The summed E-state index contributed by atoms with van der Waals surface area (Å²) in [6.07, 6.45) is 2.92. The lowest BCUT2D eigenvalue weighted by atomic mass is 9.89. The van der Waals surface area contributed by atoms with E-state index in [-0.39, 0.29) is 18.1 Å². The fraction of sp³-hybridized carbons (Fsp3) is 0.667. The zero-order chi connectivity index (χ0) is 11.0. The molecule has 1 aliphatic rings. The van der Waals surface area contributed by atoms with Crippen LogP contribution in [0.1, 0.15) is 29.4 Å². The Labute approximate surface area is 87.5 Å². The van der Waals surface area contributed by atoms with Crippen LogP contribution in [0.4, 0.5) is 0 Å². The largest absolute Gasteiger partial charge is 0.391 e. The first-order chi connectivity index (χ1) is 7.09. The van der Waals surface area contributed by atoms with Gasteiger partial charge in [-0.05, 0) is 12.8 Å². The lowest BCUT2D eigenvalue weighted by Crippen LogP contribution is -2.34. The van der Waals surface area contributed by atoms with E-state index < -0.39 is 0 Å². The fourth-order valence-electron chi connectivity index (χ4n) is 1.54. The van der Waals surface area contributed by atoms with Gasteiger partial charge in [0.25, 0.3) is 5.91 Å². The normalized spacial score (nSPS) is 24.7. The van der Waals surface area contributed by atoms with Crippen LogP contribution < -0.4 is 0 Å². The van der Waals surface area contributed by atoms with Gasteiger partial charge in [-0.2, -0.15) is 0 Å². The molecule has 0 aliphatic heterocycles. The van der Waals surface area contributed by atoms with Crippen molar-refractivity contribution in [1.29, 1.82) is 0 Å². The molecule has 2 atom stereocenters. The maximum absolute atomic E-state index is 11.5. The minimum Gasteiger partial charge on any atom is -0.391 e. The molecule has 0 spiro atoms. The maximum atomic E-state index is 11.5. The molecule has 1 N–H and O–H groups in total. The fourth-order valence-corrected chi connectivity index (χ4v) is 1.54. The summed E-state index contributed by atoms with van der Waals surface area (Å²) in [7, 11) is 3.33. The Kier molecular flexibility index (Phi) is 2.44. The van der Waals surface area contributed by atoms with Crippen molar-refractivity contribution < 1.29 is 9.90 Å². The molecule has 2 rings (SSSR count). The summed E-state index contributed by atoms with van der Waals surface area (Å²) >= 11 is 0. The Morgan fingerprint density at radius 1 is 1.60 bits per heavy atom. The summed E-state index contributed by atoms with van der Waals surface area (Å²) in [6.45, 7) is 0. The predicted octanol–water partition coefficient (Wildman–Crippen LogP) is -0.324. The molecule has 0 saturated heterocycles. The van der Waals surface area contributed by atoms with Gasteiger partial charge >= 0.3 is 0 Å². The average Bonchev–Trinajstić information content (AvgIpc) is 2.63. The van der Waals surface area contributed by atoms with Crippen molar-refractivity contribution in [3.05, 3.63) is 11.9 Å². The van der Waals surface area contributed by atoms with Crippen LogP contribution in [0.25, 0.3) is 0 Å². The van der Waals surface area contributed by atoms with Crippen molar-refractivity contribution >= 4 is 5.91 Å². The Morgan fingerprint density at radius 3 is 2.80 bits per heavy atom. The van der Waals surface area contributed by atoms with Gasteiger partial charge in [0.15, 0.2) is 5.69 Å². The standard InChI is InChI=1S/C9H14N4O2/c1-12(2)9(15)6-5-13(11-10-6)7-3-4-8(7)14/h5,7-8,14H,3-4H2,1-2H3. The highest BCUT2D eigenvalue weighted by Gasteiger charge is 2.31. The van der Waals surface area contributed by atoms with Gasteiger partial charge in [-0.1, -0.05) is 5.21 Å². The van der Waals surface area contributed by atoms with E-state index in [0.29, 0.717) is 5.69 Å². The molecule has 6 heteroatoms. The first-order valence-electron chi connectivity index (χ1n) is 4.91. The molecular formula is C9H14N4O2. The van der Waals surface area contributed by atoms with E-state index in [9.17, 15) is 9.90 Å². The monoisotopic (exact) mass is 210 g/mol. The van der Waals surface area contributed by atoms with E-state index in [4.69, 9.17) is 0 Å². The van der Waals surface area contributed by atoms with Crippen molar-refractivity contribution in [2.45, 2.75) is 25.0 Å². The minimum atomic E-state index is -0.353. The van der Waals surface area contributed by atoms with E-state index >= 15 is 0 Å². The summed E-state index contributed by atoms with van der Waals surface area (Å²) in [5, 5.41) is 17.1. The van der Waals surface area contributed by atoms with Crippen molar-refractivity contribution in [2.24, 2.45) is 0 Å². The van der Waals surface area contributed by atoms with Gasteiger partial charge in [0.2, 0.25) is 0 Å². The van der Waals surface area contributed by atoms with Gasteiger partial charge in [0.1, 0.15) is 0 Å². The van der Waals surface area contributed by atoms with Crippen LogP contribution in [0.2, 0.25) is 0 Å². The lowest BCUT2D eigenvalue weighted by molar-refractivity contribution is 0.0244. The van der Waals surface area contributed by atoms with E-state index in [2.05, 4.69) is 10.3 Å². The number of nitrogens with zero attached hydrogens (tertiary/aromatic N) is 4. The van der Waals surface area contributed by atoms with Crippen molar-refractivity contribution in [3.63, 3.8) is 0 Å². The van der Waals surface area contributed by atoms with Crippen molar-refractivity contribution in [3.8, 4) is 0 Å². The van der Waals surface area contributed by atoms with E-state index in [1.807, 2.05) is 0 Å². The maximum Gasteiger partial charge on any atom is 0.275 e. The van der Waals surface area contributed by atoms with Crippen LogP contribution in [-0.4, -0.2) is 51.1 Å². The highest BCUT2D eigenvalue weighted by molar-refractivity contribution is 5.91. The second kappa shape index (κ2) is 3.62. The average molecular weight is 210 g/mol. The molecule has 1 fully saturated rings. The molecule has 0 aromatic carbocycles. The molecule has 1 aromatic heterocycles. The van der Waals surface area contributed by atoms with Gasteiger partial charge in [-0.3, -0.25) is 4.79 Å². The zero-order valence-corrected chi connectivity index (χ0v) is 8.79. The Balaban J connectivity index is 2.13. The van der Waals surface area contributed by atoms with Gasteiger partial charge in [-0.25, -0.2) is 4.68 Å².